The molecule has 3 rings (SSSR count). The second-order valence-electron chi connectivity index (χ2n) is 5.87. The van der Waals surface area contributed by atoms with Crippen molar-refractivity contribution in [2.24, 2.45) is 10.2 Å². The van der Waals surface area contributed by atoms with Crippen LogP contribution in [0.15, 0.2) is 68.6 Å². The first kappa shape index (κ1) is 28.6. The number of nitrogen functional groups attached to an aromatic ring is 1. The maximum absolute atomic E-state index is 11.6. The van der Waals surface area contributed by atoms with Gasteiger partial charge in [-0.15, -0.1) is 10.2 Å². The Kier molecular flexibility index (Phi) is 9.51. The molecule has 0 aliphatic rings. The van der Waals surface area contributed by atoms with Crippen LogP contribution in [0, 0.1) is 10.1 Å². The second kappa shape index (κ2) is 10.6. The van der Waals surface area contributed by atoms with Crippen molar-refractivity contribution in [2.75, 3.05) is 5.73 Å². The molecule has 0 aromatic heterocycles. The first-order valence-corrected chi connectivity index (χ1v) is 10.6. The van der Waals surface area contributed by atoms with Crippen LogP contribution in [0.1, 0.15) is 0 Å². The van der Waals surface area contributed by atoms with Gasteiger partial charge in [0.05, 0.1) is 20.4 Å². The van der Waals surface area contributed by atoms with Gasteiger partial charge in [0.15, 0.2) is 5.69 Å². The fourth-order valence-corrected chi connectivity index (χ4v) is 3.96. The van der Waals surface area contributed by atoms with Gasteiger partial charge >= 0.3 is 59.1 Å². The van der Waals surface area contributed by atoms with Crippen LogP contribution in [0.3, 0.4) is 0 Å². The molecule has 0 saturated heterocycles. The molecule has 0 saturated carbocycles. The van der Waals surface area contributed by atoms with Crippen LogP contribution in [0.25, 0.3) is 10.8 Å². The molecule has 156 valence electrons. The monoisotopic (exact) mass is 496 g/mol. The number of nitrogens with zero attached hydrogens (tertiary/aromatic N) is 3. The van der Waals surface area contributed by atoms with Crippen molar-refractivity contribution in [1.29, 1.82) is 0 Å². The van der Waals surface area contributed by atoms with Crippen molar-refractivity contribution in [3.05, 3.63) is 58.6 Å². The quantitative estimate of drug-likeness (QED) is 0.0929. The largest absolute Gasteiger partial charge is 1.00 e. The minimum absolute atomic E-state index is 0. The predicted octanol–water partition coefficient (Wildman–Crippen LogP) is -3.44. The van der Waals surface area contributed by atoms with Crippen LogP contribution in [0.2, 0.25) is 0 Å². The average molecular weight is 496 g/mol. The van der Waals surface area contributed by atoms with E-state index in [1.165, 1.54) is 30.3 Å². The Morgan fingerprint density at radius 2 is 1.47 bits per heavy atom. The molecule has 0 atom stereocenters. The van der Waals surface area contributed by atoms with E-state index in [4.69, 9.17) is 5.73 Å². The zero-order chi connectivity index (χ0) is 22.3. The molecule has 0 aliphatic carbocycles. The topological polar surface area (TPSA) is 208 Å². The van der Waals surface area contributed by atoms with Crippen LogP contribution < -0.4 is 64.8 Å². The normalized spacial score (nSPS) is 11.7. The summed E-state index contributed by atoms with van der Waals surface area (Å²) in [6.45, 7) is 0. The van der Waals surface area contributed by atoms with E-state index in [9.17, 15) is 36.1 Å². The summed E-state index contributed by atoms with van der Waals surface area (Å²) in [5, 5.41) is 18.1. The molecule has 32 heavy (non-hydrogen) atoms. The van der Waals surface area contributed by atoms with Crippen LogP contribution >= 0.6 is 0 Å². The van der Waals surface area contributed by atoms with E-state index in [2.05, 4.69) is 10.2 Å². The Balaban J connectivity index is 0.00000256. The van der Waals surface area contributed by atoms with Crippen LogP contribution in [-0.4, -0.2) is 30.9 Å². The number of hydrogen-bond donors (Lipinski definition) is 1. The van der Waals surface area contributed by atoms with Gasteiger partial charge in [-0.1, -0.05) is 18.2 Å². The third-order valence-electron chi connectivity index (χ3n) is 3.97. The van der Waals surface area contributed by atoms with E-state index in [-0.39, 0.29) is 92.6 Å². The number of para-hydroxylation sites is 1. The summed E-state index contributed by atoms with van der Waals surface area (Å²) in [4.78, 5) is 8.45. The van der Waals surface area contributed by atoms with Crippen LogP contribution in [0.5, 0.6) is 0 Å². The SMILES string of the molecule is Nc1ccc2c(S(=O)(=O)[O-])cc(S(=O)(=O)[O-])cc2c1N=Nc1ccccc1[N+](=O)[O-].[Na+].[Na+]. The van der Waals surface area contributed by atoms with Crippen LogP contribution in [-0.2, 0) is 20.2 Å². The summed E-state index contributed by atoms with van der Waals surface area (Å²) in [7, 11) is -10.3. The molecule has 0 unspecified atom stereocenters. The summed E-state index contributed by atoms with van der Waals surface area (Å²) in [6.07, 6.45) is 0. The summed E-state index contributed by atoms with van der Waals surface area (Å²) in [5.74, 6) is 0. The fourth-order valence-electron chi connectivity index (χ4n) is 2.65. The zero-order valence-electron chi connectivity index (χ0n) is 16.6. The summed E-state index contributed by atoms with van der Waals surface area (Å²) in [6, 6.07) is 8.90. The molecular formula is C16H10N4Na2O8S2. The maximum atomic E-state index is 11.6. The van der Waals surface area contributed by atoms with Gasteiger partial charge in [-0.3, -0.25) is 10.1 Å². The summed E-state index contributed by atoms with van der Waals surface area (Å²) in [5.41, 5.74) is 4.89. The van der Waals surface area contributed by atoms with E-state index < -0.39 is 35.0 Å². The van der Waals surface area contributed by atoms with Crippen molar-refractivity contribution in [3.63, 3.8) is 0 Å². The van der Waals surface area contributed by atoms with Gasteiger partial charge in [0, 0.05) is 16.8 Å². The van der Waals surface area contributed by atoms with Gasteiger partial charge in [-0.2, -0.15) is 0 Å². The van der Waals surface area contributed by atoms with Gasteiger partial charge in [0.2, 0.25) is 0 Å². The number of hydrogen-bond acceptors (Lipinski definition) is 11. The van der Waals surface area contributed by atoms with Gasteiger partial charge in [0.25, 0.3) is 5.69 Å². The van der Waals surface area contributed by atoms with Gasteiger partial charge < -0.3 is 14.8 Å². The van der Waals surface area contributed by atoms with Crippen LogP contribution in [0.4, 0.5) is 22.7 Å². The Labute approximate surface area is 226 Å². The molecule has 3 aromatic carbocycles. The molecule has 0 heterocycles. The molecule has 16 heteroatoms. The van der Waals surface area contributed by atoms with E-state index in [1.807, 2.05) is 0 Å². The molecule has 3 aromatic rings. The van der Waals surface area contributed by atoms with E-state index in [0.29, 0.717) is 6.07 Å². The zero-order valence-corrected chi connectivity index (χ0v) is 22.3. The van der Waals surface area contributed by atoms with Crippen molar-refractivity contribution in [2.45, 2.75) is 9.79 Å². The number of nitrogens with two attached hydrogens (primary N) is 1. The van der Waals surface area contributed by atoms with E-state index in [1.54, 1.807) is 0 Å². The van der Waals surface area contributed by atoms with Gasteiger partial charge in [-0.25, -0.2) is 16.8 Å². The first-order valence-electron chi connectivity index (χ1n) is 7.83. The Morgan fingerprint density at radius 1 is 0.844 bits per heavy atom. The molecule has 0 amide bonds. The van der Waals surface area contributed by atoms with Gasteiger partial charge in [0.1, 0.15) is 25.9 Å². The second-order valence-corrected chi connectivity index (χ2v) is 8.60. The average Bonchev–Trinajstić information content (AvgIpc) is 2.65. The number of fused-ring (bicyclic) bond motifs is 1. The molecule has 0 fully saturated rings. The minimum Gasteiger partial charge on any atom is -0.744 e. The number of benzene rings is 3. The Morgan fingerprint density at radius 3 is 2.03 bits per heavy atom. The third kappa shape index (κ3) is 6.11. The molecule has 2 N–H and O–H groups in total. The minimum atomic E-state index is -5.18. The molecule has 0 radical (unpaired) electrons. The third-order valence-corrected chi connectivity index (χ3v) is 5.66. The Bertz CT molecular complexity index is 1440. The van der Waals surface area contributed by atoms with Crippen molar-refractivity contribution in [3.8, 4) is 0 Å². The van der Waals surface area contributed by atoms with Crippen molar-refractivity contribution < 1.29 is 90.0 Å². The van der Waals surface area contributed by atoms with E-state index in [0.717, 1.165) is 12.1 Å². The Hall–Kier alpha value is -1.46. The molecular weight excluding hydrogens is 486 g/mol. The summed E-state index contributed by atoms with van der Waals surface area (Å²) < 4.78 is 69.1. The van der Waals surface area contributed by atoms with Crippen molar-refractivity contribution >= 4 is 53.8 Å². The molecule has 0 aliphatic heterocycles. The smallest absolute Gasteiger partial charge is 0.744 e. The number of azo groups is 1. The first-order chi connectivity index (χ1) is 13.9. The standard InChI is InChI=1S/C16H12N4O8S2.2Na/c17-12-6-5-10-11(7-9(29(23,24)25)8-15(10)30(26,27)28)16(12)19-18-13-3-1-2-4-14(13)20(21)22;;/h1-8H,17H2,(H,23,24,25)(H,26,27,28);;/q;2*+1/p-2. The number of nitro groups is 1. The molecule has 0 spiro atoms. The predicted molar refractivity (Wildman–Crippen MR) is 102 cm³/mol. The van der Waals surface area contributed by atoms with E-state index >= 15 is 0 Å². The van der Waals surface area contributed by atoms with Crippen molar-refractivity contribution in [1.82, 2.24) is 0 Å². The number of anilines is 1. The molecule has 12 nitrogen and oxygen atoms in total. The molecule has 0 bridgehead atoms. The fraction of sp³-hybridized carbons (Fsp3) is 0. The number of nitro benzene ring substituents is 1. The maximum Gasteiger partial charge on any atom is 1.00 e. The number of rotatable bonds is 5. The van der Waals surface area contributed by atoms with Gasteiger partial charge in [-0.05, 0) is 24.3 Å². The summed E-state index contributed by atoms with van der Waals surface area (Å²) >= 11 is 0.